The highest BCUT2D eigenvalue weighted by molar-refractivity contribution is 6.31. The third-order valence-electron chi connectivity index (χ3n) is 5.95. The Bertz CT molecular complexity index is 937. The minimum atomic E-state index is -0.100. The number of aryl methyl sites for hydroxylation is 2. The zero-order chi connectivity index (χ0) is 22.0. The smallest absolute Gasteiger partial charge is 0.321 e. The van der Waals surface area contributed by atoms with Crippen LogP contribution in [0.3, 0.4) is 0 Å². The molecule has 1 aromatic carbocycles. The molecule has 0 aliphatic carbocycles. The molecule has 0 radical (unpaired) electrons. The molecule has 0 saturated carbocycles. The molecule has 1 aromatic heterocycles. The zero-order valence-corrected chi connectivity index (χ0v) is 19.2. The average Bonchev–Trinajstić information content (AvgIpc) is 2.76. The molecule has 4 rings (SSSR count). The van der Waals surface area contributed by atoms with E-state index in [0.717, 1.165) is 62.3 Å². The average molecular weight is 444 g/mol. The molecule has 2 amide bonds. The lowest BCUT2D eigenvalue weighted by molar-refractivity contribution is 0.208. The summed E-state index contributed by atoms with van der Waals surface area (Å²) < 4.78 is 0. The predicted molar refractivity (Wildman–Crippen MR) is 125 cm³/mol. The van der Waals surface area contributed by atoms with Gasteiger partial charge in [0.2, 0.25) is 0 Å². The standard InChI is InChI=1S/C22H30ClN7O/c1-16-4-5-18(14-19(16)23)26-22(31)30-12-10-29(11-13-30)21-15-20(24-17(2)25-21)28-8-6-27(3)7-9-28/h4-5,14-15H,6-13H2,1-3H3,(H,26,31). The molecule has 31 heavy (non-hydrogen) atoms. The number of amides is 2. The van der Waals surface area contributed by atoms with Gasteiger partial charge in [0.15, 0.2) is 0 Å². The number of carbonyl (C=O) groups excluding carboxylic acids is 1. The van der Waals surface area contributed by atoms with Crippen molar-refractivity contribution in [2.45, 2.75) is 13.8 Å². The van der Waals surface area contributed by atoms with Gasteiger partial charge in [-0.1, -0.05) is 17.7 Å². The molecule has 2 aliphatic heterocycles. The Hall–Kier alpha value is -2.58. The van der Waals surface area contributed by atoms with Gasteiger partial charge in [0.1, 0.15) is 17.5 Å². The van der Waals surface area contributed by atoms with Crippen LogP contribution in [-0.4, -0.2) is 85.2 Å². The number of halogens is 1. The SMILES string of the molecule is Cc1nc(N2CCN(C)CC2)cc(N2CCN(C(=O)Nc3ccc(C)c(Cl)c3)CC2)n1. The van der Waals surface area contributed by atoms with E-state index in [1.54, 1.807) is 6.07 Å². The Labute approximate surface area is 188 Å². The molecule has 9 heteroatoms. The number of aromatic nitrogens is 2. The highest BCUT2D eigenvalue weighted by Gasteiger charge is 2.24. The molecule has 1 N–H and O–H groups in total. The predicted octanol–water partition coefficient (Wildman–Crippen LogP) is 2.85. The minimum absolute atomic E-state index is 0.100. The fraction of sp³-hybridized carbons (Fsp3) is 0.500. The molecule has 2 aliphatic rings. The molecule has 8 nitrogen and oxygen atoms in total. The van der Waals surface area contributed by atoms with Gasteiger partial charge in [-0.2, -0.15) is 0 Å². The molecular formula is C22H30ClN7O. The summed E-state index contributed by atoms with van der Waals surface area (Å²) in [5.41, 5.74) is 1.70. The fourth-order valence-electron chi connectivity index (χ4n) is 3.91. The first-order valence-corrected chi connectivity index (χ1v) is 11.1. The van der Waals surface area contributed by atoms with Crippen LogP contribution in [0.1, 0.15) is 11.4 Å². The zero-order valence-electron chi connectivity index (χ0n) is 18.4. The Morgan fingerprint density at radius 2 is 1.48 bits per heavy atom. The topological polar surface area (TPSA) is 67.8 Å². The van der Waals surface area contributed by atoms with E-state index in [4.69, 9.17) is 11.6 Å². The van der Waals surface area contributed by atoms with E-state index < -0.39 is 0 Å². The van der Waals surface area contributed by atoms with Gasteiger partial charge < -0.3 is 24.9 Å². The number of rotatable bonds is 3. The lowest BCUT2D eigenvalue weighted by Gasteiger charge is -2.36. The van der Waals surface area contributed by atoms with E-state index in [-0.39, 0.29) is 6.03 Å². The van der Waals surface area contributed by atoms with E-state index in [0.29, 0.717) is 23.8 Å². The lowest BCUT2D eigenvalue weighted by atomic mass is 10.2. The highest BCUT2D eigenvalue weighted by Crippen LogP contribution is 2.23. The normalized spacial score (nSPS) is 17.7. The second-order valence-corrected chi connectivity index (χ2v) is 8.70. The van der Waals surface area contributed by atoms with Gasteiger partial charge in [0, 0.05) is 69.1 Å². The number of urea groups is 1. The van der Waals surface area contributed by atoms with Gasteiger partial charge in [-0.3, -0.25) is 0 Å². The maximum absolute atomic E-state index is 12.7. The Kier molecular flexibility index (Phi) is 6.48. The van der Waals surface area contributed by atoms with Crippen molar-refractivity contribution in [2.75, 3.05) is 74.5 Å². The van der Waals surface area contributed by atoms with Crippen LogP contribution in [0.25, 0.3) is 0 Å². The van der Waals surface area contributed by atoms with Crippen LogP contribution in [0.2, 0.25) is 5.02 Å². The van der Waals surface area contributed by atoms with Crippen LogP contribution in [0.15, 0.2) is 24.3 Å². The Morgan fingerprint density at radius 1 is 0.903 bits per heavy atom. The van der Waals surface area contributed by atoms with Crippen LogP contribution < -0.4 is 15.1 Å². The summed E-state index contributed by atoms with van der Waals surface area (Å²) in [4.78, 5) is 30.7. The van der Waals surface area contributed by atoms with E-state index in [1.165, 1.54) is 0 Å². The molecule has 0 bridgehead atoms. The van der Waals surface area contributed by atoms with Crippen molar-refractivity contribution in [3.63, 3.8) is 0 Å². The molecule has 166 valence electrons. The van der Waals surface area contributed by atoms with Crippen molar-refractivity contribution in [1.82, 2.24) is 19.8 Å². The van der Waals surface area contributed by atoms with Crippen molar-refractivity contribution in [3.05, 3.63) is 40.7 Å². The van der Waals surface area contributed by atoms with E-state index in [2.05, 4.69) is 43.1 Å². The summed E-state index contributed by atoms with van der Waals surface area (Å²) in [6, 6.07) is 7.55. The molecular weight excluding hydrogens is 414 g/mol. The van der Waals surface area contributed by atoms with Crippen LogP contribution in [0.4, 0.5) is 22.1 Å². The molecule has 2 aromatic rings. The quantitative estimate of drug-likeness (QED) is 0.786. The van der Waals surface area contributed by atoms with Crippen LogP contribution in [0, 0.1) is 13.8 Å². The summed E-state index contributed by atoms with van der Waals surface area (Å²) in [7, 11) is 2.15. The Balaban J connectivity index is 1.37. The third kappa shape index (κ3) is 5.19. The molecule has 0 atom stereocenters. The fourth-order valence-corrected chi connectivity index (χ4v) is 4.09. The number of anilines is 3. The number of piperazine rings is 2. The van der Waals surface area contributed by atoms with Gasteiger partial charge in [-0.15, -0.1) is 0 Å². The van der Waals surface area contributed by atoms with Crippen molar-refractivity contribution in [1.29, 1.82) is 0 Å². The molecule has 0 spiro atoms. The number of carbonyl (C=O) groups is 1. The molecule has 3 heterocycles. The second kappa shape index (κ2) is 9.28. The minimum Gasteiger partial charge on any atom is -0.354 e. The van der Waals surface area contributed by atoms with Gasteiger partial charge in [-0.25, -0.2) is 14.8 Å². The van der Waals surface area contributed by atoms with Crippen LogP contribution >= 0.6 is 11.6 Å². The summed E-state index contributed by atoms with van der Waals surface area (Å²) in [5, 5.41) is 3.60. The van der Waals surface area contributed by atoms with Gasteiger partial charge >= 0.3 is 6.03 Å². The van der Waals surface area contributed by atoms with E-state index in [9.17, 15) is 4.79 Å². The Morgan fingerprint density at radius 3 is 2.06 bits per heavy atom. The maximum Gasteiger partial charge on any atom is 0.321 e. The summed E-state index contributed by atoms with van der Waals surface area (Å²) in [5.74, 6) is 2.71. The number of hydrogen-bond acceptors (Lipinski definition) is 6. The lowest BCUT2D eigenvalue weighted by Crippen LogP contribution is -2.50. The first-order valence-electron chi connectivity index (χ1n) is 10.8. The number of nitrogens with zero attached hydrogens (tertiary/aromatic N) is 6. The maximum atomic E-state index is 12.7. The first-order chi connectivity index (χ1) is 14.9. The summed E-state index contributed by atoms with van der Waals surface area (Å²) in [6.07, 6.45) is 0. The monoisotopic (exact) mass is 443 g/mol. The van der Waals surface area contributed by atoms with Gasteiger partial charge in [0.25, 0.3) is 0 Å². The largest absolute Gasteiger partial charge is 0.354 e. The van der Waals surface area contributed by atoms with Crippen molar-refractivity contribution in [2.24, 2.45) is 0 Å². The number of nitrogens with one attached hydrogen (secondary N) is 1. The van der Waals surface area contributed by atoms with Crippen molar-refractivity contribution in [3.8, 4) is 0 Å². The van der Waals surface area contributed by atoms with E-state index >= 15 is 0 Å². The van der Waals surface area contributed by atoms with Crippen molar-refractivity contribution < 1.29 is 4.79 Å². The van der Waals surface area contributed by atoms with Crippen LogP contribution in [-0.2, 0) is 0 Å². The van der Waals surface area contributed by atoms with Gasteiger partial charge in [0.05, 0.1) is 0 Å². The molecule has 2 saturated heterocycles. The second-order valence-electron chi connectivity index (χ2n) is 8.29. The number of likely N-dealkylation sites (N-methyl/N-ethyl adjacent to an activating group) is 1. The van der Waals surface area contributed by atoms with E-state index in [1.807, 2.05) is 30.9 Å². The summed E-state index contributed by atoms with van der Waals surface area (Å²) >= 11 is 6.17. The molecule has 0 unspecified atom stereocenters. The number of benzene rings is 1. The summed E-state index contributed by atoms with van der Waals surface area (Å²) in [6.45, 7) is 10.7. The number of hydrogen-bond donors (Lipinski definition) is 1. The third-order valence-corrected chi connectivity index (χ3v) is 6.36. The van der Waals surface area contributed by atoms with Gasteiger partial charge in [-0.05, 0) is 38.6 Å². The van der Waals surface area contributed by atoms with Crippen LogP contribution in [0.5, 0.6) is 0 Å². The van der Waals surface area contributed by atoms with Crippen molar-refractivity contribution >= 4 is 35.0 Å². The molecule has 2 fully saturated rings. The highest BCUT2D eigenvalue weighted by atomic mass is 35.5. The first kappa shape index (κ1) is 21.6.